The molecule has 0 saturated carbocycles. The highest BCUT2D eigenvalue weighted by Crippen LogP contribution is 2.34. The molecule has 1 amide bonds. The monoisotopic (exact) mass is 440 g/mol. The second kappa shape index (κ2) is 9.07. The number of benzene rings is 2. The highest BCUT2D eigenvalue weighted by molar-refractivity contribution is 7.99. The van der Waals surface area contributed by atoms with Crippen LogP contribution in [-0.4, -0.2) is 22.9 Å². The first kappa shape index (κ1) is 20.1. The lowest BCUT2D eigenvalue weighted by atomic mass is 10.2. The summed E-state index contributed by atoms with van der Waals surface area (Å²) in [5, 5.41) is 0.677. The number of anilines is 1. The maximum atomic E-state index is 13.6. The Bertz CT molecular complexity index is 1120. The smallest absolute Gasteiger partial charge is 0.261 e. The largest absolute Gasteiger partial charge is 0.467 e. The SMILES string of the molecule is CCSc1ccccc1C(=O)N(Cc1ccco1)c1nc2ccc(SC)cc2s1. The Morgan fingerprint density at radius 3 is 2.79 bits per heavy atom. The Kier molecular flexibility index (Phi) is 6.28. The fraction of sp³-hybridized carbons (Fsp3) is 0.182. The number of hydrogen-bond donors (Lipinski definition) is 0. The van der Waals surface area contributed by atoms with Gasteiger partial charge in [-0.15, -0.1) is 23.5 Å². The summed E-state index contributed by atoms with van der Waals surface area (Å²) in [5.41, 5.74) is 1.59. The van der Waals surface area contributed by atoms with E-state index in [9.17, 15) is 4.79 Å². The first-order chi connectivity index (χ1) is 14.2. The van der Waals surface area contributed by atoms with E-state index in [-0.39, 0.29) is 5.91 Å². The number of carbonyl (C=O) groups is 1. The van der Waals surface area contributed by atoms with E-state index in [0.717, 1.165) is 26.6 Å². The van der Waals surface area contributed by atoms with Crippen molar-refractivity contribution in [2.75, 3.05) is 16.9 Å². The fourth-order valence-electron chi connectivity index (χ4n) is 2.99. The van der Waals surface area contributed by atoms with Crippen molar-refractivity contribution in [2.24, 2.45) is 0 Å². The Morgan fingerprint density at radius 2 is 2.03 bits per heavy atom. The lowest BCUT2D eigenvalue weighted by molar-refractivity contribution is 0.0980. The minimum absolute atomic E-state index is 0.0675. The Labute approximate surface area is 182 Å². The van der Waals surface area contributed by atoms with Crippen molar-refractivity contribution in [1.29, 1.82) is 0 Å². The molecule has 2 aromatic carbocycles. The Balaban J connectivity index is 1.77. The quantitative estimate of drug-likeness (QED) is 0.304. The third-order valence-electron chi connectivity index (χ3n) is 4.37. The molecule has 4 aromatic rings. The van der Waals surface area contributed by atoms with Gasteiger partial charge in [0.2, 0.25) is 0 Å². The Morgan fingerprint density at radius 1 is 1.17 bits per heavy atom. The molecular formula is C22H20N2O2S3. The molecule has 0 saturated heterocycles. The highest BCUT2D eigenvalue weighted by Gasteiger charge is 2.24. The van der Waals surface area contributed by atoms with Gasteiger partial charge in [-0.3, -0.25) is 9.69 Å². The number of thiazole rings is 1. The average Bonchev–Trinajstić information content (AvgIpc) is 3.41. The summed E-state index contributed by atoms with van der Waals surface area (Å²) in [6.07, 6.45) is 3.68. The molecular weight excluding hydrogens is 420 g/mol. The second-order valence-electron chi connectivity index (χ2n) is 6.23. The molecule has 0 bridgehead atoms. The van der Waals surface area contributed by atoms with Crippen LogP contribution in [0.3, 0.4) is 0 Å². The van der Waals surface area contributed by atoms with Crippen molar-refractivity contribution < 1.29 is 9.21 Å². The number of thioether (sulfide) groups is 2. The molecule has 4 nitrogen and oxygen atoms in total. The standard InChI is InChI=1S/C22H20N2O2S3/c1-3-28-19-9-5-4-8-17(19)21(25)24(14-15-7-6-12-26-15)22-23-18-11-10-16(27-2)13-20(18)29-22/h4-13H,3,14H2,1-2H3. The molecule has 7 heteroatoms. The normalized spacial score (nSPS) is 11.1. The molecule has 0 fully saturated rings. The predicted octanol–water partition coefficient (Wildman–Crippen LogP) is 6.57. The first-order valence-corrected chi connectivity index (χ1v) is 12.2. The van der Waals surface area contributed by atoms with Crippen molar-refractivity contribution in [1.82, 2.24) is 4.98 Å². The van der Waals surface area contributed by atoms with Gasteiger partial charge >= 0.3 is 0 Å². The average molecular weight is 441 g/mol. The zero-order valence-corrected chi connectivity index (χ0v) is 18.6. The molecule has 4 rings (SSSR count). The van der Waals surface area contributed by atoms with Crippen LogP contribution in [0.25, 0.3) is 10.2 Å². The van der Waals surface area contributed by atoms with E-state index in [4.69, 9.17) is 9.40 Å². The van der Waals surface area contributed by atoms with Gasteiger partial charge in [-0.1, -0.05) is 30.4 Å². The summed E-state index contributed by atoms with van der Waals surface area (Å²) in [4.78, 5) is 22.2. The van der Waals surface area contributed by atoms with Crippen LogP contribution in [0.5, 0.6) is 0 Å². The number of amides is 1. The number of carbonyl (C=O) groups excluding carboxylic acids is 1. The van der Waals surface area contributed by atoms with E-state index in [1.807, 2.05) is 42.5 Å². The van der Waals surface area contributed by atoms with Crippen LogP contribution in [0, 0.1) is 0 Å². The van der Waals surface area contributed by atoms with Crippen LogP contribution in [0.15, 0.2) is 75.1 Å². The van der Waals surface area contributed by atoms with Crippen molar-refractivity contribution in [2.45, 2.75) is 23.3 Å². The third kappa shape index (κ3) is 4.37. The molecule has 29 heavy (non-hydrogen) atoms. The molecule has 0 atom stereocenters. The lowest BCUT2D eigenvalue weighted by Gasteiger charge is -2.20. The maximum Gasteiger partial charge on any atom is 0.261 e. The molecule has 0 spiro atoms. The van der Waals surface area contributed by atoms with E-state index < -0.39 is 0 Å². The molecule has 0 unspecified atom stereocenters. The zero-order chi connectivity index (χ0) is 20.2. The Hall–Kier alpha value is -2.22. The van der Waals surface area contributed by atoms with Crippen molar-refractivity contribution in [3.05, 3.63) is 72.2 Å². The highest BCUT2D eigenvalue weighted by atomic mass is 32.2. The summed E-state index contributed by atoms with van der Waals surface area (Å²) < 4.78 is 6.60. The van der Waals surface area contributed by atoms with Gasteiger partial charge in [0.05, 0.1) is 28.6 Å². The second-order valence-corrected chi connectivity index (χ2v) is 9.42. The summed E-state index contributed by atoms with van der Waals surface area (Å²) in [7, 11) is 0. The van der Waals surface area contributed by atoms with Gasteiger partial charge in [-0.2, -0.15) is 0 Å². The van der Waals surface area contributed by atoms with Gasteiger partial charge in [0, 0.05) is 9.79 Å². The van der Waals surface area contributed by atoms with E-state index in [1.165, 1.54) is 16.2 Å². The summed E-state index contributed by atoms with van der Waals surface area (Å²) in [6, 6.07) is 17.7. The van der Waals surface area contributed by atoms with E-state index in [0.29, 0.717) is 17.2 Å². The van der Waals surface area contributed by atoms with Crippen molar-refractivity contribution in [3.63, 3.8) is 0 Å². The number of fused-ring (bicyclic) bond motifs is 1. The summed E-state index contributed by atoms with van der Waals surface area (Å²) in [5.74, 6) is 1.56. The van der Waals surface area contributed by atoms with Gasteiger partial charge in [-0.25, -0.2) is 4.98 Å². The number of furan rings is 1. The van der Waals surface area contributed by atoms with Crippen LogP contribution in [-0.2, 0) is 6.54 Å². The molecule has 2 aromatic heterocycles. The predicted molar refractivity (Wildman–Crippen MR) is 123 cm³/mol. The van der Waals surface area contributed by atoms with E-state index in [2.05, 4.69) is 25.3 Å². The van der Waals surface area contributed by atoms with Crippen LogP contribution < -0.4 is 4.90 Å². The first-order valence-electron chi connectivity index (χ1n) is 9.20. The molecule has 0 radical (unpaired) electrons. The lowest BCUT2D eigenvalue weighted by Crippen LogP contribution is -2.30. The zero-order valence-electron chi connectivity index (χ0n) is 16.1. The van der Waals surface area contributed by atoms with Gasteiger partial charge in [0.1, 0.15) is 5.76 Å². The third-order valence-corrected chi connectivity index (χ3v) is 7.09. The van der Waals surface area contributed by atoms with E-state index >= 15 is 0 Å². The van der Waals surface area contributed by atoms with Crippen molar-refractivity contribution >= 4 is 56.1 Å². The van der Waals surface area contributed by atoms with Crippen LogP contribution in [0.2, 0.25) is 0 Å². The molecule has 0 aliphatic heterocycles. The number of rotatable bonds is 7. The molecule has 148 valence electrons. The maximum absolute atomic E-state index is 13.6. The van der Waals surface area contributed by atoms with Crippen molar-refractivity contribution in [3.8, 4) is 0 Å². The van der Waals surface area contributed by atoms with Crippen LogP contribution >= 0.6 is 34.9 Å². The van der Waals surface area contributed by atoms with Gasteiger partial charge in [-0.05, 0) is 54.5 Å². The summed E-state index contributed by atoms with van der Waals surface area (Å²) in [6.45, 7) is 2.43. The minimum Gasteiger partial charge on any atom is -0.467 e. The summed E-state index contributed by atoms with van der Waals surface area (Å²) >= 11 is 4.90. The topological polar surface area (TPSA) is 46.3 Å². The molecule has 0 N–H and O–H groups in total. The van der Waals surface area contributed by atoms with Gasteiger partial charge in [0.15, 0.2) is 5.13 Å². The number of aromatic nitrogens is 1. The molecule has 0 aliphatic rings. The molecule has 2 heterocycles. The van der Waals surface area contributed by atoms with Gasteiger partial charge in [0.25, 0.3) is 5.91 Å². The number of hydrogen-bond acceptors (Lipinski definition) is 6. The van der Waals surface area contributed by atoms with Gasteiger partial charge < -0.3 is 4.42 Å². The van der Waals surface area contributed by atoms with E-state index in [1.54, 1.807) is 34.7 Å². The number of nitrogens with zero attached hydrogens (tertiary/aromatic N) is 2. The fourth-order valence-corrected chi connectivity index (χ4v) is 5.30. The minimum atomic E-state index is -0.0675. The van der Waals surface area contributed by atoms with Crippen LogP contribution in [0.4, 0.5) is 5.13 Å². The van der Waals surface area contributed by atoms with Crippen LogP contribution in [0.1, 0.15) is 23.0 Å². The molecule has 0 aliphatic carbocycles.